The molecule has 1 aliphatic heterocycles. The van der Waals surface area contributed by atoms with Crippen molar-refractivity contribution in [3.8, 4) is 11.5 Å². The number of aromatic hydroxyl groups is 2. The van der Waals surface area contributed by atoms with Crippen LogP contribution >= 0.6 is 0 Å². The van der Waals surface area contributed by atoms with E-state index in [2.05, 4.69) is 17.7 Å². The van der Waals surface area contributed by atoms with Crippen LogP contribution in [-0.2, 0) is 6.42 Å². The monoisotopic (exact) mass is 234 g/mol. The first kappa shape index (κ1) is 12.0. The van der Waals surface area contributed by atoms with Crippen molar-refractivity contribution in [1.82, 2.24) is 0 Å². The van der Waals surface area contributed by atoms with Gasteiger partial charge in [0.25, 0.3) is 0 Å². The molecule has 1 aromatic carbocycles. The van der Waals surface area contributed by atoms with Crippen LogP contribution in [0.15, 0.2) is 12.1 Å². The third kappa shape index (κ3) is 2.78. The van der Waals surface area contributed by atoms with Gasteiger partial charge in [0.2, 0.25) is 0 Å². The van der Waals surface area contributed by atoms with E-state index in [-0.39, 0.29) is 11.5 Å². The highest BCUT2D eigenvalue weighted by atomic mass is 16.3. The van der Waals surface area contributed by atoms with E-state index in [4.69, 9.17) is 0 Å². The summed E-state index contributed by atoms with van der Waals surface area (Å²) in [5.74, 6) is -0.0491. The van der Waals surface area contributed by atoms with Crippen molar-refractivity contribution in [3.05, 3.63) is 23.3 Å². The van der Waals surface area contributed by atoms with E-state index < -0.39 is 0 Å². The number of unbranched alkanes of at least 4 members (excludes halogenated alkanes) is 2. The van der Waals surface area contributed by atoms with Gasteiger partial charge in [0.15, 0.2) is 17.7 Å². The summed E-state index contributed by atoms with van der Waals surface area (Å²) >= 11 is 0. The fourth-order valence-corrected chi connectivity index (χ4v) is 2.24. The van der Waals surface area contributed by atoms with Crippen LogP contribution in [0.4, 0.5) is 0 Å². The van der Waals surface area contributed by atoms with Gasteiger partial charge in [-0.05, 0) is 24.1 Å². The Kier molecular flexibility index (Phi) is 3.67. The van der Waals surface area contributed by atoms with Crippen LogP contribution in [0.1, 0.15) is 37.3 Å². The van der Waals surface area contributed by atoms with Crippen molar-refractivity contribution < 1.29 is 14.8 Å². The molecule has 0 amide bonds. The molecular formula is C14H20NO2+. The van der Waals surface area contributed by atoms with Gasteiger partial charge in [0.05, 0.1) is 0 Å². The Hall–Kier alpha value is -1.51. The molecule has 17 heavy (non-hydrogen) atoms. The Balaban J connectivity index is 2.14. The molecule has 1 heterocycles. The van der Waals surface area contributed by atoms with E-state index in [1.165, 1.54) is 19.3 Å². The minimum absolute atomic E-state index is 0.0171. The molecule has 2 N–H and O–H groups in total. The third-order valence-corrected chi connectivity index (χ3v) is 3.28. The molecule has 1 aliphatic rings. The minimum atomic E-state index is -0.0320. The van der Waals surface area contributed by atoms with Crippen LogP contribution in [0, 0.1) is 0 Å². The number of nitrogens with zero attached hydrogens (tertiary/aromatic N) is 1. The lowest BCUT2D eigenvalue weighted by molar-refractivity contribution is -0.524. The smallest absolute Gasteiger partial charge is 0.171 e. The van der Waals surface area contributed by atoms with Gasteiger partial charge in [0.1, 0.15) is 13.1 Å². The molecule has 3 nitrogen and oxygen atoms in total. The number of hydrogen-bond donors (Lipinski definition) is 2. The second kappa shape index (κ2) is 5.21. The Bertz CT molecular complexity index is 438. The largest absolute Gasteiger partial charge is 0.504 e. The first-order chi connectivity index (χ1) is 8.20. The number of phenols is 2. The van der Waals surface area contributed by atoms with E-state index in [9.17, 15) is 10.2 Å². The predicted molar refractivity (Wildman–Crippen MR) is 68.2 cm³/mol. The maximum atomic E-state index is 9.49. The molecule has 0 atom stereocenters. The number of benzene rings is 1. The highest BCUT2D eigenvalue weighted by Crippen LogP contribution is 2.28. The first-order valence-corrected chi connectivity index (χ1v) is 6.34. The van der Waals surface area contributed by atoms with Gasteiger partial charge in [0, 0.05) is 18.4 Å². The van der Waals surface area contributed by atoms with Crippen LogP contribution < -0.4 is 0 Å². The SMILES string of the molecule is CCCCC[N+]1=Cc2cc(O)c(O)cc2CC1. The summed E-state index contributed by atoms with van der Waals surface area (Å²) in [5.41, 5.74) is 2.15. The number of hydrogen-bond acceptors (Lipinski definition) is 2. The molecule has 3 heteroatoms. The standard InChI is InChI=1S/C14H19NO2/c1-2-3-4-6-15-7-5-11-8-13(16)14(17)9-12(11)10-15/h8-10,17H,2-7H2,1H3/p+1. The average Bonchev–Trinajstić information content (AvgIpc) is 2.31. The molecule has 0 radical (unpaired) electrons. The molecule has 0 saturated carbocycles. The minimum Gasteiger partial charge on any atom is -0.504 e. The van der Waals surface area contributed by atoms with Crippen molar-refractivity contribution >= 4 is 6.21 Å². The maximum absolute atomic E-state index is 9.49. The zero-order valence-corrected chi connectivity index (χ0v) is 10.3. The van der Waals surface area contributed by atoms with Crippen LogP contribution in [-0.4, -0.2) is 34.1 Å². The van der Waals surface area contributed by atoms with Crippen molar-refractivity contribution in [1.29, 1.82) is 0 Å². The van der Waals surface area contributed by atoms with Crippen molar-refractivity contribution in [2.24, 2.45) is 0 Å². The second-order valence-electron chi connectivity index (χ2n) is 4.66. The van der Waals surface area contributed by atoms with E-state index in [0.717, 1.165) is 30.6 Å². The Morgan fingerprint density at radius 2 is 1.94 bits per heavy atom. The molecule has 0 spiro atoms. The fourth-order valence-electron chi connectivity index (χ4n) is 2.24. The van der Waals surface area contributed by atoms with Crippen LogP contribution in [0.2, 0.25) is 0 Å². The van der Waals surface area contributed by atoms with Crippen molar-refractivity contribution in [2.75, 3.05) is 13.1 Å². The highest BCUT2D eigenvalue weighted by Gasteiger charge is 2.17. The molecule has 0 fully saturated rings. The van der Waals surface area contributed by atoms with E-state index in [0.29, 0.717) is 0 Å². The third-order valence-electron chi connectivity index (χ3n) is 3.28. The summed E-state index contributed by atoms with van der Waals surface area (Å²) in [6, 6.07) is 3.32. The fraction of sp³-hybridized carbons (Fsp3) is 0.500. The van der Waals surface area contributed by atoms with Gasteiger partial charge in [-0.2, -0.15) is 0 Å². The molecule has 0 unspecified atom stereocenters. The summed E-state index contributed by atoms with van der Waals surface area (Å²) in [5, 5.41) is 18.9. The first-order valence-electron chi connectivity index (χ1n) is 6.34. The lowest BCUT2D eigenvalue weighted by atomic mass is 10.0. The molecule has 0 bridgehead atoms. The van der Waals surface area contributed by atoms with Gasteiger partial charge in [-0.25, -0.2) is 4.58 Å². The molecule has 0 aliphatic carbocycles. The van der Waals surface area contributed by atoms with E-state index in [1.54, 1.807) is 12.1 Å². The second-order valence-corrected chi connectivity index (χ2v) is 4.66. The van der Waals surface area contributed by atoms with E-state index >= 15 is 0 Å². The van der Waals surface area contributed by atoms with Gasteiger partial charge in [-0.1, -0.05) is 13.3 Å². The Morgan fingerprint density at radius 1 is 1.18 bits per heavy atom. The Morgan fingerprint density at radius 3 is 2.71 bits per heavy atom. The number of fused-ring (bicyclic) bond motifs is 1. The average molecular weight is 234 g/mol. The van der Waals surface area contributed by atoms with Crippen molar-refractivity contribution in [3.63, 3.8) is 0 Å². The van der Waals surface area contributed by atoms with Gasteiger partial charge >= 0.3 is 0 Å². The van der Waals surface area contributed by atoms with Crippen molar-refractivity contribution in [2.45, 2.75) is 32.6 Å². The zero-order valence-electron chi connectivity index (χ0n) is 10.3. The van der Waals surface area contributed by atoms with Crippen LogP contribution in [0.5, 0.6) is 11.5 Å². The molecule has 92 valence electrons. The van der Waals surface area contributed by atoms with Crippen LogP contribution in [0.25, 0.3) is 0 Å². The predicted octanol–water partition coefficient (Wildman–Crippen LogP) is 2.28. The quantitative estimate of drug-likeness (QED) is 0.477. The Labute approximate surface area is 102 Å². The zero-order chi connectivity index (χ0) is 12.3. The van der Waals surface area contributed by atoms with Crippen LogP contribution in [0.3, 0.4) is 0 Å². The lowest BCUT2D eigenvalue weighted by Crippen LogP contribution is -2.23. The molecule has 1 aromatic rings. The summed E-state index contributed by atoms with van der Waals surface area (Å²) in [6.45, 7) is 4.28. The highest BCUT2D eigenvalue weighted by molar-refractivity contribution is 5.80. The normalized spacial score (nSPS) is 14.3. The van der Waals surface area contributed by atoms with Gasteiger partial charge < -0.3 is 10.2 Å². The topological polar surface area (TPSA) is 43.5 Å². The number of rotatable bonds is 4. The lowest BCUT2D eigenvalue weighted by Gasteiger charge is -2.13. The molecular weight excluding hydrogens is 214 g/mol. The van der Waals surface area contributed by atoms with Gasteiger partial charge in [-0.3, -0.25) is 0 Å². The van der Waals surface area contributed by atoms with Gasteiger partial charge in [-0.15, -0.1) is 0 Å². The molecule has 2 rings (SSSR count). The summed E-state index contributed by atoms with van der Waals surface area (Å²) in [7, 11) is 0. The van der Waals surface area contributed by atoms with E-state index in [1.807, 2.05) is 0 Å². The summed E-state index contributed by atoms with van der Waals surface area (Å²) in [4.78, 5) is 0. The molecule has 0 aromatic heterocycles. The maximum Gasteiger partial charge on any atom is 0.171 e. The molecule has 0 saturated heterocycles. The summed E-state index contributed by atoms with van der Waals surface area (Å²) < 4.78 is 2.30. The summed E-state index contributed by atoms with van der Waals surface area (Å²) in [6.07, 6.45) is 6.74. The number of phenolic OH excluding ortho intramolecular Hbond substituents is 2.